The summed E-state index contributed by atoms with van der Waals surface area (Å²) in [5.74, 6) is 1.25. The second-order valence-electron chi connectivity index (χ2n) is 7.63. The summed E-state index contributed by atoms with van der Waals surface area (Å²) in [7, 11) is 1.63. The van der Waals surface area contributed by atoms with Gasteiger partial charge in [-0.25, -0.2) is 5.43 Å². The molecule has 1 aromatic carbocycles. The highest BCUT2D eigenvalue weighted by Gasteiger charge is 2.25. The molecule has 0 aliphatic carbocycles. The summed E-state index contributed by atoms with van der Waals surface area (Å²) in [5, 5.41) is 5.76. The van der Waals surface area contributed by atoms with E-state index in [1.54, 1.807) is 18.4 Å². The quantitative estimate of drug-likeness (QED) is 0.662. The van der Waals surface area contributed by atoms with Gasteiger partial charge in [-0.1, -0.05) is 24.9 Å². The van der Waals surface area contributed by atoms with Crippen molar-refractivity contribution < 1.29 is 14.3 Å². The lowest BCUT2D eigenvalue weighted by Gasteiger charge is -2.26. The normalized spacial score (nSPS) is 19.8. The summed E-state index contributed by atoms with van der Waals surface area (Å²) in [6.07, 6.45) is 4.28. The Hall–Kier alpha value is -1.54. The number of nitrogens with one attached hydrogen (secondary N) is 1. The molecule has 6 nitrogen and oxygen atoms in total. The number of thiophene rings is 1. The van der Waals surface area contributed by atoms with Crippen molar-refractivity contribution in [3.05, 3.63) is 22.0 Å². The molecule has 164 valence electrons. The molecule has 3 heterocycles. The van der Waals surface area contributed by atoms with Gasteiger partial charge in [-0.15, -0.1) is 23.7 Å². The van der Waals surface area contributed by atoms with Crippen LogP contribution in [0.15, 0.2) is 17.2 Å². The van der Waals surface area contributed by atoms with Crippen LogP contribution in [0.2, 0.25) is 5.02 Å². The van der Waals surface area contributed by atoms with Gasteiger partial charge in [0.05, 0.1) is 22.7 Å². The number of carbonyl (C=O) groups excluding carboxylic acids is 1. The van der Waals surface area contributed by atoms with Gasteiger partial charge in [-0.2, -0.15) is 5.10 Å². The number of fused-ring (bicyclic) bond motifs is 1. The lowest BCUT2D eigenvalue weighted by atomic mass is 9.99. The number of nitrogens with zero attached hydrogens (tertiary/aromatic N) is 2. The van der Waals surface area contributed by atoms with Crippen molar-refractivity contribution in [2.24, 2.45) is 11.0 Å². The first-order chi connectivity index (χ1) is 14.1. The minimum atomic E-state index is -0.0496. The highest BCUT2D eigenvalue weighted by Crippen LogP contribution is 2.44. The van der Waals surface area contributed by atoms with Crippen LogP contribution >= 0.6 is 35.3 Å². The Morgan fingerprint density at radius 2 is 2.07 bits per heavy atom. The van der Waals surface area contributed by atoms with E-state index < -0.39 is 0 Å². The molecule has 30 heavy (non-hydrogen) atoms. The topological polar surface area (TPSA) is 63.2 Å². The van der Waals surface area contributed by atoms with E-state index in [9.17, 15) is 4.79 Å². The second-order valence-corrected chi connectivity index (χ2v) is 9.09. The second kappa shape index (κ2) is 10.2. The van der Waals surface area contributed by atoms with Gasteiger partial charge < -0.3 is 9.47 Å². The predicted molar refractivity (Wildman–Crippen MR) is 125 cm³/mol. The highest BCUT2D eigenvalue weighted by atomic mass is 35.5. The number of hydrazone groups is 1. The molecule has 1 aromatic heterocycles. The fraction of sp³-hybridized carbons (Fsp3) is 0.524. The molecule has 2 aliphatic rings. The first-order valence-corrected chi connectivity index (χ1v) is 11.3. The first kappa shape index (κ1) is 23.1. The molecule has 1 saturated heterocycles. The van der Waals surface area contributed by atoms with Gasteiger partial charge in [-0.3, -0.25) is 9.69 Å². The third-order valence-corrected chi connectivity index (χ3v) is 7.00. The van der Waals surface area contributed by atoms with Crippen molar-refractivity contribution in [3.8, 4) is 11.5 Å². The molecular weight excluding hydrogens is 445 g/mol. The number of rotatable bonds is 6. The van der Waals surface area contributed by atoms with E-state index in [1.165, 1.54) is 19.3 Å². The lowest BCUT2D eigenvalue weighted by Crippen LogP contribution is -2.33. The van der Waals surface area contributed by atoms with Gasteiger partial charge >= 0.3 is 0 Å². The van der Waals surface area contributed by atoms with E-state index in [0.717, 1.165) is 40.3 Å². The molecule has 1 N–H and O–H groups in total. The number of hydrogen-bond acceptors (Lipinski definition) is 6. The van der Waals surface area contributed by atoms with E-state index in [1.807, 2.05) is 19.1 Å². The summed E-state index contributed by atoms with van der Waals surface area (Å²) < 4.78 is 12.7. The zero-order valence-electron chi connectivity index (χ0n) is 17.2. The van der Waals surface area contributed by atoms with Crippen molar-refractivity contribution in [1.29, 1.82) is 0 Å². The number of amides is 1. The van der Waals surface area contributed by atoms with Crippen molar-refractivity contribution in [1.82, 2.24) is 10.3 Å². The van der Waals surface area contributed by atoms with E-state index >= 15 is 0 Å². The van der Waals surface area contributed by atoms with E-state index in [-0.39, 0.29) is 24.2 Å². The maximum atomic E-state index is 11.5. The Labute approximate surface area is 192 Å². The third kappa shape index (κ3) is 4.85. The number of hydrogen-bond donors (Lipinski definition) is 1. The average molecular weight is 472 g/mol. The molecule has 2 aromatic rings. The Kier molecular flexibility index (Phi) is 7.85. The lowest BCUT2D eigenvalue weighted by molar-refractivity contribution is -0.121. The number of carbonyl (C=O) groups is 1. The Balaban J connectivity index is 0.00000256. The van der Waals surface area contributed by atoms with Crippen molar-refractivity contribution in [2.75, 3.05) is 33.4 Å². The van der Waals surface area contributed by atoms with Gasteiger partial charge in [0, 0.05) is 35.0 Å². The number of likely N-dealkylation sites (tertiary alicyclic amines) is 1. The molecule has 0 radical (unpaired) electrons. The van der Waals surface area contributed by atoms with Crippen LogP contribution in [-0.4, -0.2) is 49.9 Å². The van der Waals surface area contributed by atoms with Crippen LogP contribution in [0.3, 0.4) is 0 Å². The molecule has 1 unspecified atom stereocenters. The predicted octanol–water partition coefficient (Wildman–Crippen LogP) is 4.71. The van der Waals surface area contributed by atoms with Crippen LogP contribution < -0.4 is 14.9 Å². The fourth-order valence-electron chi connectivity index (χ4n) is 3.92. The Morgan fingerprint density at radius 3 is 2.77 bits per heavy atom. The van der Waals surface area contributed by atoms with Crippen LogP contribution in [-0.2, 0) is 4.79 Å². The summed E-state index contributed by atoms with van der Waals surface area (Å²) in [5.41, 5.74) is 3.46. The van der Waals surface area contributed by atoms with E-state index in [2.05, 4.69) is 15.4 Å². The largest absolute Gasteiger partial charge is 0.493 e. The van der Waals surface area contributed by atoms with Gasteiger partial charge in [0.2, 0.25) is 5.91 Å². The summed E-state index contributed by atoms with van der Waals surface area (Å²) in [6, 6.07) is 4.00. The summed E-state index contributed by atoms with van der Waals surface area (Å²) in [4.78, 5) is 15.0. The number of piperidine rings is 1. The van der Waals surface area contributed by atoms with E-state index in [0.29, 0.717) is 29.5 Å². The van der Waals surface area contributed by atoms with Crippen LogP contribution in [0.1, 0.15) is 37.5 Å². The Bertz CT molecular complexity index is 941. The van der Waals surface area contributed by atoms with Crippen molar-refractivity contribution in [3.63, 3.8) is 0 Å². The molecule has 0 saturated carbocycles. The maximum Gasteiger partial charge on any atom is 0.240 e. The van der Waals surface area contributed by atoms with Crippen LogP contribution in [0.25, 0.3) is 10.1 Å². The average Bonchev–Trinajstić information content (AvgIpc) is 3.14. The molecule has 1 atom stereocenters. The molecule has 0 bridgehead atoms. The molecule has 1 fully saturated rings. The minimum absolute atomic E-state index is 0. The maximum absolute atomic E-state index is 11.5. The van der Waals surface area contributed by atoms with Crippen molar-refractivity contribution >= 4 is 57.0 Å². The Morgan fingerprint density at radius 1 is 1.30 bits per heavy atom. The smallest absolute Gasteiger partial charge is 0.240 e. The minimum Gasteiger partial charge on any atom is -0.493 e. The number of methoxy groups -OCH3 is 1. The summed E-state index contributed by atoms with van der Waals surface area (Å²) in [6.45, 7) is 5.75. The SMILES string of the molecule is COc1cc2sc(C3=NNC(=O)CC3C)cc2c(Cl)c1OCCN1CCCCC1.Cl. The molecule has 2 aliphatic heterocycles. The third-order valence-electron chi connectivity index (χ3n) is 5.52. The van der Waals surface area contributed by atoms with Gasteiger partial charge in [0.25, 0.3) is 0 Å². The highest BCUT2D eigenvalue weighted by molar-refractivity contribution is 7.21. The molecule has 4 rings (SSSR count). The zero-order chi connectivity index (χ0) is 20.4. The molecule has 9 heteroatoms. The van der Waals surface area contributed by atoms with Gasteiger partial charge in [-0.05, 0) is 32.0 Å². The first-order valence-electron chi connectivity index (χ1n) is 10.1. The van der Waals surface area contributed by atoms with Crippen LogP contribution in [0, 0.1) is 5.92 Å². The summed E-state index contributed by atoms with van der Waals surface area (Å²) >= 11 is 8.33. The zero-order valence-corrected chi connectivity index (χ0v) is 19.6. The van der Waals surface area contributed by atoms with E-state index in [4.69, 9.17) is 21.1 Å². The monoisotopic (exact) mass is 471 g/mol. The van der Waals surface area contributed by atoms with Gasteiger partial charge in [0.15, 0.2) is 11.5 Å². The fourth-order valence-corrected chi connectivity index (χ4v) is 5.48. The molecule has 1 amide bonds. The van der Waals surface area contributed by atoms with Crippen LogP contribution in [0.4, 0.5) is 0 Å². The standard InChI is InChI=1S/C21H26ClN3O3S.ClH/c1-13-10-18(26)23-24-20(13)17-11-14-16(29-17)12-15(27-2)21(19(14)22)28-9-8-25-6-4-3-5-7-25;/h11-13H,3-10H2,1-2H3,(H,23,26);1H. The van der Waals surface area contributed by atoms with Gasteiger partial charge in [0.1, 0.15) is 6.61 Å². The van der Waals surface area contributed by atoms with Crippen LogP contribution in [0.5, 0.6) is 11.5 Å². The number of ether oxygens (including phenoxy) is 2. The number of benzene rings is 1. The molecular formula is C21H27Cl2N3O3S. The number of halogens is 2. The molecule has 0 spiro atoms. The van der Waals surface area contributed by atoms with Crippen molar-refractivity contribution in [2.45, 2.75) is 32.6 Å².